The van der Waals surface area contributed by atoms with E-state index < -0.39 is 5.97 Å². The van der Waals surface area contributed by atoms with Crippen LogP contribution in [0.25, 0.3) is 6.08 Å². The van der Waals surface area contributed by atoms with Crippen molar-refractivity contribution in [1.29, 1.82) is 0 Å². The van der Waals surface area contributed by atoms with E-state index in [-0.39, 0.29) is 0 Å². The number of benzene rings is 1. The van der Waals surface area contributed by atoms with Gasteiger partial charge in [0.15, 0.2) is 0 Å². The highest BCUT2D eigenvalue weighted by Gasteiger charge is 2.21. The number of carbonyl (C=O) groups is 1. The van der Waals surface area contributed by atoms with Gasteiger partial charge < -0.3 is 9.84 Å². The Kier molecular flexibility index (Phi) is 4.71. The van der Waals surface area contributed by atoms with Crippen LogP contribution in [0.2, 0.25) is 0 Å². The van der Waals surface area contributed by atoms with Crippen molar-refractivity contribution in [3.8, 4) is 0 Å². The maximum Gasteiger partial charge on any atom is 0.328 e. The van der Waals surface area contributed by atoms with Crippen molar-refractivity contribution in [2.75, 3.05) is 20.2 Å². The molecule has 0 aliphatic carbocycles. The maximum atomic E-state index is 10.4. The summed E-state index contributed by atoms with van der Waals surface area (Å²) < 4.78 is 5.35. The van der Waals surface area contributed by atoms with E-state index in [9.17, 15) is 4.79 Å². The van der Waals surface area contributed by atoms with Crippen LogP contribution in [0.5, 0.6) is 0 Å². The van der Waals surface area contributed by atoms with Gasteiger partial charge in [-0.1, -0.05) is 24.3 Å². The number of carboxylic acids is 1. The van der Waals surface area contributed by atoms with Gasteiger partial charge in [-0.15, -0.1) is 0 Å². The fourth-order valence-electron chi connectivity index (χ4n) is 2.29. The Morgan fingerprint density at radius 3 is 2.79 bits per heavy atom. The molecule has 2 rings (SSSR count). The summed E-state index contributed by atoms with van der Waals surface area (Å²) in [5.41, 5.74) is 2.14. The first-order valence-corrected chi connectivity index (χ1v) is 6.42. The Morgan fingerprint density at radius 2 is 2.21 bits per heavy atom. The second-order valence-electron chi connectivity index (χ2n) is 4.79. The van der Waals surface area contributed by atoms with Gasteiger partial charge in [0.2, 0.25) is 0 Å². The minimum absolute atomic E-state index is 0.359. The van der Waals surface area contributed by atoms with Crippen molar-refractivity contribution in [3.05, 3.63) is 41.5 Å². The number of aliphatic carboxylic acids is 1. The number of likely N-dealkylation sites (tertiary alicyclic amines) is 1. The molecule has 102 valence electrons. The largest absolute Gasteiger partial charge is 0.478 e. The van der Waals surface area contributed by atoms with Crippen LogP contribution < -0.4 is 0 Å². The average molecular weight is 261 g/mol. The SMILES string of the molecule is COC1CCN(Cc2ccc(/C=C/C(=O)O)cc2)C1. The number of carboxylic acid groups (broad SMARTS) is 1. The molecule has 0 bridgehead atoms. The van der Waals surface area contributed by atoms with Gasteiger partial charge in [-0.25, -0.2) is 4.79 Å². The number of hydrogen-bond acceptors (Lipinski definition) is 3. The van der Waals surface area contributed by atoms with Crippen LogP contribution in [0.3, 0.4) is 0 Å². The molecule has 1 aliphatic heterocycles. The minimum Gasteiger partial charge on any atom is -0.478 e. The summed E-state index contributed by atoms with van der Waals surface area (Å²) >= 11 is 0. The van der Waals surface area contributed by atoms with E-state index in [0.717, 1.165) is 37.7 Å². The maximum absolute atomic E-state index is 10.4. The van der Waals surface area contributed by atoms with Crippen molar-refractivity contribution in [3.63, 3.8) is 0 Å². The third-order valence-corrected chi connectivity index (χ3v) is 3.37. The quantitative estimate of drug-likeness (QED) is 0.824. The predicted octanol–water partition coefficient (Wildman–Crippen LogP) is 2.01. The highest BCUT2D eigenvalue weighted by Crippen LogP contribution is 2.16. The summed E-state index contributed by atoms with van der Waals surface area (Å²) in [5.74, 6) is -0.924. The number of rotatable bonds is 5. The Hall–Kier alpha value is -1.65. The summed E-state index contributed by atoms with van der Waals surface area (Å²) in [7, 11) is 1.76. The molecule has 1 aliphatic rings. The molecule has 1 unspecified atom stereocenters. The third-order valence-electron chi connectivity index (χ3n) is 3.37. The molecule has 19 heavy (non-hydrogen) atoms. The summed E-state index contributed by atoms with van der Waals surface area (Å²) in [6, 6.07) is 7.97. The third kappa shape index (κ3) is 4.19. The molecular formula is C15H19NO3. The lowest BCUT2D eigenvalue weighted by Gasteiger charge is -2.15. The van der Waals surface area contributed by atoms with Crippen molar-refractivity contribution >= 4 is 12.0 Å². The Balaban J connectivity index is 1.90. The highest BCUT2D eigenvalue weighted by molar-refractivity contribution is 5.85. The molecule has 4 nitrogen and oxygen atoms in total. The van der Waals surface area contributed by atoms with Crippen molar-refractivity contribution in [1.82, 2.24) is 4.90 Å². The molecule has 0 aromatic heterocycles. The zero-order valence-corrected chi connectivity index (χ0v) is 11.1. The zero-order valence-electron chi connectivity index (χ0n) is 11.1. The Bertz CT molecular complexity index is 453. The zero-order chi connectivity index (χ0) is 13.7. The van der Waals surface area contributed by atoms with Crippen molar-refractivity contribution in [2.45, 2.75) is 19.1 Å². The van der Waals surface area contributed by atoms with Gasteiger partial charge in [0.1, 0.15) is 0 Å². The second-order valence-corrected chi connectivity index (χ2v) is 4.79. The van der Waals surface area contributed by atoms with E-state index in [1.54, 1.807) is 13.2 Å². The molecular weight excluding hydrogens is 242 g/mol. The standard InChI is InChI=1S/C15H19NO3/c1-19-14-8-9-16(11-14)10-13-4-2-12(3-5-13)6-7-15(17)18/h2-7,14H,8-11H2,1H3,(H,17,18)/b7-6+. The predicted molar refractivity (Wildman–Crippen MR) is 73.8 cm³/mol. The Morgan fingerprint density at radius 1 is 1.47 bits per heavy atom. The van der Waals surface area contributed by atoms with Crippen LogP contribution in [0.1, 0.15) is 17.5 Å². The normalized spacial score (nSPS) is 20.2. The van der Waals surface area contributed by atoms with Crippen LogP contribution in [0.15, 0.2) is 30.3 Å². The van der Waals surface area contributed by atoms with Gasteiger partial charge >= 0.3 is 5.97 Å². The molecule has 0 amide bonds. The topological polar surface area (TPSA) is 49.8 Å². The van der Waals surface area contributed by atoms with E-state index in [0.29, 0.717) is 6.10 Å². The molecule has 4 heteroatoms. The van der Waals surface area contributed by atoms with E-state index in [1.165, 1.54) is 5.56 Å². The van der Waals surface area contributed by atoms with Gasteiger partial charge in [0, 0.05) is 32.8 Å². The molecule has 0 radical (unpaired) electrons. The van der Waals surface area contributed by atoms with Gasteiger partial charge in [-0.3, -0.25) is 4.90 Å². The molecule has 1 aromatic carbocycles. The molecule has 1 fully saturated rings. The van der Waals surface area contributed by atoms with Crippen LogP contribution >= 0.6 is 0 Å². The lowest BCUT2D eigenvalue weighted by Crippen LogP contribution is -2.22. The molecule has 1 aromatic rings. The number of hydrogen-bond donors (Lipinski definition) is 1. The first kappa shape index (κ1) is 13.8. The summed E-state index contributed by atoms with van der Waals surface area (Å²) in [6.07, 6.45) is 4.20. The van der Waals surface area contributed by atoms with E-state index in [1.807, 2.05) is 24.3 Å². The minimum atomic E-state index is -0.924. The van der Waals surface area contributed by atoms with Crippen LogP contribution in [-0.4, -0.2) is 42.3 Å². The first-order chi connectivity index (χ1) is 9.17. The number of nitrogens with zero attached hydrogens (tertiary/aromatic N) is 1. The molecule has 0 spiro atoms. The van der Waals surface area contributed by atoms with Crippen molar-refractivity contribution in [2.24, 2.45) is 0 Å². The van der Waals surface area contributed by atoms with E-state index in [4.69, 9.17) is 9.84 Å². The van der Waals surface area contributed by atoms with Gasteiger partial charge in [0.05, 0.1) is 6.10 Å². The van der Waals surface area contributed by atoms with E-state index >= 15 is 0 Å². The fraction of sp³-hybridized carbons (Fsp3) is 0.400. The molecule has 0 saturated carbocycles. The van der Waals surface area contributed by atoms with Crippen LogP contribution in [-0.2, 0) is 16.1 Å². The molecule has 1 heterocycles. The Labute approximate surface area is 113 Å². The number of ether oxygens (including phenoxy) is 1. The smallest absolute Gasteiger partial charge is 0.328 e. The van der Waals surface area contributed by atoms with Crippen LogP contribution in [0.4, 0.5) is 0 Å². The summed E-state index contributed by atoms with van der Waals surface area (Å²) in [5, 5.41) is 8.56. The van der Waals surface area contributed by atoms with Gasteiger partial charge in [-0.2, -0.15) is 0 Å². The van der Waals surface area contributed by atoms with Crippen LogP contribution in [0, 0.1) is 0 Å². The molecule has 1 N–H and O–H groups in total. The lowest BCUT2D eigenvalue weighted by atomic mass is 10.1. The monoisotopic (exact) mass is 261 g/mol. The lowest BCUT2D eigenvalue weighted by molar-refractivity contribution is -0.131. The highest BCUT2D eigenvalue weighted by atomic mass is 16.5. The first-order valence-electron chi connectivity index (χ1n) is 6.42. The van der Waals surface area contributed by atoms with E-state index in [2.05, 4.69) is 4.90 Å². The summed E-state index contributed by atoms with van der Waals surface area (Å²) in [6.45, 7) is 2.97. The van der Waals surface area contributed by atoms with Crippen molar-refractivity contribution < 1.29 is 14.6 Å². The average Bonchev–Trinajstić information content (AvgIpc) is 2.85. The number of methoxy groups -OCH3 is 1. The second kappa shape index (κ2) is 6.50. The van der Waals surface area contributed by atoms with Gasteiger partial charge in [0.25, 0.3) is 0 Å². The fourth-order valence-corrected chi connectivity index (χ4v) is 2.29. The summed E-state index contributed by atoms with van der Waals surface area (Å²) in [4.78, 5) is 12.8. The molecule has 1 atom stereocenters. The molecule has 1 saturated heterocycles. The van der Waals surface area contributed by atoms with Gasteiger partial charge in [-0.05, 0) is 23.6 Å².